The molecule has 0 fully saturated rings. The molecule has 1 aromatic rings. The maximum atomic E-state index is 10.4. The second-order valence-electron chi connectivity index (χ2n) is 2.06. The summed E-state index contributed by atoms with van der Waals surface area (Å²) in [6, 6.07) is 0. The third-order valence-electron chi connectivity index (χ3n) is 1.22. The number of hydrogen-bond donors (Lipinski definition) is 0. The lowest BCUT2D eigenvalue weighted by atomic mass is 10.3. The Labute approximate surface area is 73.9 Å². The van der Waals surface area contributed by atoms with Crippen LogP contribution in [-0.4, -0.2) is 16.1 Å². The molecule has 11 heavy (non-hydrogen) atoms. The third-order valence-corrected chi connectivity index (χ3v) is 1.63. The first-order chi connectivity index (χ1) is 5.15. The molecule has 0 atom stereocenters. The Morgan fingerprint density at radius 3 is 2.73 bits per heavy atom. The second kappa shape index (κ2) is 3.24. The van der Waals surface area contributed by atoms with Gasteiger partial charge in [0, 0.05) is 13.2 Å². The van der Waals surface area contributed by atoms with Gasteiger partial charge in [0.25, 0.3) is 0 Å². The van der Waals surface area contributed by atoms with Crippen LogP contribution in [-0.2, 0) is 7.05 Å². The number of aromatic nitrogens is 2. The maximum absolute atomic E-state index is 10.4. The number of carbonyl (C=O) groups is 1. The highest BCUT2D eigenvalue weighted by Crippen LogP contribution is 2.24. The van der Waals surface area contributed by atoms with Gasteiger partial charge in [0.2, 0.25) is 0 Å². The quantitative estimate of drug-likeness (QED) is 0.529. The van der Waals surface area contributed by atoms with E-state index in [0.717, 1.165) is 0 Å². The molecule has 0 saturated carbocycles. The highest BCUT2D eigenvalue weighted by molar-refractivity contribution is 6.44. The SMILES string of the molecule is Cn1cc(C=O)c(C(Cl)Cl)n1. The predicted octanol–water partition coefficient (Wildman–Crippen LogP) is 1.71. The molecule has 1 heterocycles. The van der Waals surface area contributed by atoms with Gasteiger partial charge in [-0.2, -0.15) is 5.10 Å². The van der Waals surface area contributed by atoms with Gasteiger partial charge in [0.15, 0.2) is 11.1 Å². The Bertz CT molecular complexity index is 270. The number of hydrogen-bond acceptors (Lipinski definition) is 2. The summed E-state index contributed by atoms with van der Waals surface area (Å²) in [6.45, 7) is 0. The fourth-order valence-corrected chi connectivity index (χ4v) is 1.12. The zero-order valence-corrected chi connectivity index (χ0v) is 7.30. The smallest absolute Gasteiger partial charge is 0.153 e. The van der Waals surface area contributed by atoms with Gasteiger partial charge in [-0.05, 0) is 0 Å². The lowest BCUT2D eigenvalue weighted by molar-refractivity contribution is 0.112. The lowest BCUT2D eigenvalue weighted by Crippen LogP contribution is -1.90. The summed E-state index contributed by atoms with van der Waals surface area (Å²) in [5.74, 6) is 0. The van der Waals surface area contributed by atoms with Crippen molar-refractivity contribution in [2.24, 2.45) is 7.05 Å². The van der Waals surface area contributed by atoms with E-state index >= 15 is 0 Å². The lowest BCUT2D eigenvalue weighted by Gasteiger charge is -1.93. The number of halogens is 2. The largest absolute Gasteiger partial charge is 0.298 e. The second-order valence-corrected chi connectivity index (χ2v) is 3.16. The first-order valence-corrected chi connectivity index (χ1v) is 3.79. The van der Waals surface area contributed by atoms with Gasteiger partial charge in [0.05, 0.1) is 5.56 Å². The Balaban J connectivity index is 3.11. The number of aldehydes is 1. The van der Waals surface area contributed by atoms with Gasteiger partial charge in [-0.3, -0.25) is 9.48 Å². The minimum absolute atomic E-state index is 0.408. The van der Waals surface area contributed by atoms with Crippen molar-refractivity contribution >= 4 is 29.5 Å². The summed E-state index contributed by atoms with van der Waals surface area (Å²) in [5.41, 5.74) is 0.841. The van der Waals surface area contributed by atoms with Crippen LogP contribution < -0.4 is 0 Å². The summed E-state index contributed by atoms with van der Waals surface area (Å²) in [7, 11) is 1.70. The molecule has 0 N–H and O–H groups in total. The average molecular weight is 193 g/mol. The van der Waals surface area contributed by atoms with Crippen LogP contribution in [0.4, 0.5) is 0 Å². The molecule has 0 aliphatic heterocycles. The monoisotopic (exact) mass is 192 g/mol. The molecule has 3 nitrogen and oxygen atoms in total. The van der Waals surface area contributed by atoms with Gasteiger partial charge in [-0.25, -0.2) is 0 Å². The fourth-order valence-electron chi connectivity index (χ4n) is 0.784. The molecular weight excluding hydrogens is 187 g/mol. The van der Waals surface area contributed by atoms with Crippen LogP contribution in [0, 0.1) is 0 Å². The number of aryl methyl sites for hydroxylation is 1. The van der Waals surface area contributed by atoms with Crippen molar-refractivity contribution in [3.05, 3.63) is 17.5 Å². The highest BCUT2D eigenvalue weighted by atomic mass is 35.5. The van der Waals surface area contributed by atoms with Gasteiger partial charge >= 0.3 is 0 Å². The van der Waals surface area contributed by atoms with Gasteiger partial charge in [-0.15, -0.1) is 0 Å². The first kappa shape index (κ1) is 8.56. The standard InChI is InChI=1S/C6H6Cl2N2O/c1-10-2-4(3-11)5(9-10)6(7)8/h2-3,6H,1H3. The highest BCUT2D eigenvalue weighted by Gasteiger charge is 2.12. The molecule has 0 saturated heterocycles. The van der Waals surface area contributed by atoms with E-state index < -0.39 is 4.84 Å². The van der Waals surface area contributed by atoms with Crippen LogP contribution in [0.25, 0.3) is 0 Å². The minimum atomic E-state index is -0.739. The minimum Gasteiger partial charge on any atom is -0.298 e. The first-order valence-electron chi connectivity index (χ1n) is 2.92. The van der Waals surface area contributed by atoms with Crippen molar-refractivity contribution in [2.45, 2.75) is 4.84 Å². The summed E-state index contributed by atoms with van der Waals surface area (Å²) in [4.78, 5) is 9.64. The number of carbonyl (C=O) groups excluding carboxylic acids is 1. The maximum Gasteiger partial charge on any atom is 0.153 e. The zero-order valence-electron chi connectivity index (χ0n) is 5.79. The van der Waals surface area contributed by atoms with Crippen molar-refractivity contribution in [1.82, 2.24) is 9.78 Å². The van der Waals surface area contributed by atoms with Crippen molar-refractivity contribution in [3.8, 4) is 0 Å². The van der Waals surface area contributed by atoms with Crippen LogP contribution in [0.5, 0.6) is 0 Å². The Morgan fingerprint density at radius 1 is 1.73 bits per heavy atom. The van der Waals surface area contributed by atoms with E-state index in [2.05, 4.69) is 5.10 Å². The molecule has 0 bridgehead atoms. The van der Waals surface area contributed by atoms with E-state index in [-0.39, 0.29) is 0 Å². The molecule has 1 rings (SSSR count). The molecule has 0 aliphatic rings. The molecule has 0 aromatic carbocycles. The van der Waals surface area contributed by atoms with Crippen molar-refractivity contribution in [2.75, 3.05) is 0 Å². The van der Waals surface area contributed by atoms with Gasteiger partial charge < -0.3 is 0 Å². The van der Waals surface area contributed by atoms with Crippen LogP contribution >= 0.6 is 23.2 Å². The van der Waals surface area contributed by atoms with Crippen molar-refractivity contribution < 1.29 is 4.79 Å². The molecule has 0 radical (unpaired) electrons. The van der Waals surface area contributed by atoms with Gasteiger partial charge in [0.1, 0.15) is 5.69 Å². The van der Waals surface area contributed by atoms with E-state index in [1.165, 1.54) is 4.68 Å². The molecule has 5 heteroatoms. The third kappa shape index (κ3) is 1.73. The number of nitrogens with zero attached hydrogens (tertiary/aromatic N) is 2. The Kier molecular flexibility index (Phi) is 2.52. The Morgan fingerprint density at radius 2 is 2.36 bits per heavy atom. The van der Waals surface area contributed by atoms with Crippen molar-refractivity contribution in [3.63, 3.8) is 0 Å². The molecule has 0 unspecified atom stereocenters. The normalized spacial score (nSPS) is 10.5. The molecule has 0 amide bonds. The summed E-state index contributed by atoms with van der Waals surface area (Å²) < 4.78 is 1.50. The van der Waals surface area contributed by atoms with Crippen LogP contribution in [0.15, 0.2) is 6.20 Å². The summed E-state index contributed by atoms with van der Waals surface area (Å²) in [6.07, 6.45) is 2.25. The van der Waals surface area contributed by atoms with E-state index in [4.69, 9.17) is 23.2 Å². The summed E-state index contributed by atoms with van der Waals surface area (Å²) >= 11 is 11.1. The number of alkyl halides is 2. The van der Waals surface area contributed by atoms with E-state index in [0.29, 0.717) is 17.5 Å². The van der Waals surface area contributed by atoms with Crippen molar-refractivity contribution in [1.29, 1.82) is 0 Å². The molecule has 0 aliphatic carbocycles. The van der Waals surface area contributed by atoms with Crippen LogP contribution in [0.1, 0.15) is 20.9 Å². The topological polar surface area (TPSA) is 34.9 Å². The molecule has 1 aromatic heterocycles. The van der Waals surface area contributed by atoms with E-state index in [9.17, 15) is 4.79 Å². The van der Waals surface area contributed by atoms with Crippen LogP contribution in [0.3, 0.4) is 0 Å². The van der Waals surface area contributed by atoms with E-state index in [1.807, 2.05) is 0 Å². The summed E-state index contributed by atoms with van der Waals surface area (Å²) in [5, 5.41) is 3.90. The predicted molar refractivity (Wildman–Crippen MR) is 43.0 cm³/mol. The van der Waals surface area contributed by atoms with Crippen LogP contribution in [0.2, 0.25) is 0 Å². The molecule has 60 valence electrons. The fraction of sp³-hybridized carbons (Fsp3) is 0.333. The zero-order chi connectivity index (χ0) is 8.43. The Hall–Kier alpha value is -0.540. The van der Waals surface area contributed by atoms with Gasteiger partial charge in [-0.1, -0.05) is 23.2 Å². The molecular formula is C6H6Cl2N2O. The average Bonchev–Trinajstić information content (AvgIpc) is 2.30. The van der Waals surface area contributed by atoms with E-state index in [1.54, 1.807) is 13.2 Å². The number of rotatable bonds is 2. The molecule has 0 spiro atoms.